The van der Waals surface area contributed by atoms with Gasteiger partial charge in [0.2, 0.25) is 11.7 Å². The van der Waals surface area contributed by atoms with Crippen LogP contribution in [0.25, 0.3) is 0 Å². The third-order valence-electron chi connectivity index (χ3n) is 5.11. The summed E-state index contributed by atoms with van der Waals surface area (Å²) in [7, 11) is 0. The molecule has 0 unspecified atom stereocenters. The zero-order valence-corrected chi connectivity index (χ0v) is 15.8. The molecule has 2 aromatic rings. The normalized spacial score (nSPS) is 21.6. The highest BCUT2D eigenvalue weighted by Gasteiger charge is 2.47. The SMILES string of the molecule is O=C(NC1CC1)C(=O)[C@H]1CN(c2ccc(Cl)nn2)C(=O)[C@@H]1Cc1ccccc1. The molecule has 28 heavy (non-hydrogen) atoms. The molecule has 0 bridgehead atoms. The van der Waals surface area contributed by atoms with Gasteiger partial charge in [0.15, 0.2) is 11.0 Å². The molecule has 8 heteroatoms. The van der Waals surface area contributed by atoms with Crippen molar-refractivity contribution in [1.82, 2.24) is 15.5 Å². The number of rotatable bonds is 6. The molecule has 1 saturated heterocycles. The molecule has 2 fully saturated rings. The highest BCUT2D eigenvalue weighted by molar-refractivity contribution is 6.38. The van der Waals surface area contributed by atoms with Crippen LogP contribution in [0.15, 0.2) is 42.5 Å². The molecule has 1 N–H and O–H groups in total. The summed E-state index contributed by atoms with van der Waals surface area (Å²) >= 11 is 5.78. The van der Waals surface area contributed by atoms with E-state index in [-0.39, 0.29) is 23.6 Å². The van der Waals surface area contributed by atoms with Gasteiger partial charge in [0.1, 0.15) is 0 Å². The van der Waals surface area contributed by atoms with Crippen LogP contribution < -0.4 is 10.2 Å². The van der Waals surface area contributed by atoms with E-state index in [0.717, 1.165) is 18.4 Å². The molecule has 0 spiro atoms. The Kier molecular flexibility index (Phi) is 5.09. The molecule has 2 amide bonds. The zero-order valence-electron chi connectivity index (χ0n) is 15.0. The van der Waals surface area contributed by atoms with Gasteiger partial charge in [-0.1, -0.05) is 41.9 Å². The van der Waals surface area contributed by atoms with Crippen molar-refractivity contribution in [3.8, 4) is 0 Å². The Morgan fingerprint density at radius 2 is 1.86 bits per heavy atom. The summed E-state index contributed by atoms with van der Waals surface area (Å²) in [5.74, 6) is -2.43. The highest BCUT2D eigenvalue weighted by Crippen LogP contribution is 2.32. The van der Waals surface area contributed by atoms with Crippen molar-refractivity contribution in [1.29, 1.82) is 0 Å². The molecule has 1 aliphatic heterocycles. The fourth-order valence-electron chi connectivity index (χ4n) is 3.46. The Morgan fingerprint density at radius 1 is 1.11 bits per heavy atom. The second-order valence-corrected chi connectivity index (χ2v) is 7.57. The largest absolute Gasteiger partial charge is 0.347 e. The number of Topliss-reactive ketones (excluding diaryl/α,β-unsaturated/α-hetero) is 1. The van der Waals surface area contributed by atoms with Gasteiger partial charge < -0.3 is 5.32 Å². The van der Waals surface area contributed by atoms with Crippen LogP contribution in [0.3, 0.4) is 0 Å². The number of carbonyl (C=O) groups is 3. The molecule has 7 nitrogen and oxygen atoms in total. The fourth-order valence-corrected chi connectivity index (χ4v) is 3.56. The topological polar surface area (TPSA) is 92.3 Å². The Bertz CT molecular complexity index is 899. The standard InChI is InChI=1S/C20H19ClN4O3/c21-16-8-9-17(24-23-16)25-11-15(18(26)19(27)22-13-6-7-13)14(20(25)28)10-12-4-2-1-3-5-12/h1-5,8-9,13-15H,6-7,10-11H2,(H,22,27)/t14-,15+/m1/s1. The average Bonchev–Trinajstić information content (AvgIpc) is 3.46. The van der Waals surface area contributed by atoms with E-state index in [2.05, 4.69) is 15.5 Å². The first kappa shape index (κ1) is 18.6. The third-order valence-corrected chi connectivity index (χ3v) is 5.32. The minimum Gasteiger partial charge on any atom is -0.347 e. The number of nitrogens with zero attached hydrogens (tertiary/aromatic N) is 3. The minimum atomic E-state index is -0.732. The lowest BCUT2D eigenvalue weighted by atomic mass is 9.86. The van der Waals surface area contributed by atoms with Gasteiger partial charge in [0.05, 0.1) is 11.8 Å². The van der Waals surface area contributed by atoms with Gasteiger partial charge in [0.25, 0.3) is 5.91 Å². The molecule has 1 saturated carbocycles. The van der Waals surface area contributed by atoms with E-state index in [1.807, 2.05) is 30.3 Å². The van der Waals surface area contributed by atoms with E-state index < -0.39 is 23.5 Å². The van der Waals surface area contributed by atoms with Crippen LogP contribution >= 0.6 is 11.6 Å². The van der Waals surface area contributed by atoms with Crippen molar-refractivity contribution in [2.75, 3.05) is 11.4 Å². The van der Waals surface area contributed by atoms with Crippen molar-refractivity contribution < 1.29 is 14.4 Å². The number of carbonyl (C=O) groups excluding carboxylic acids is 3. The van der Waals surface area contributed by atoms with Crippen LogP contribution in [0.2, 0.25) is 5.15 Å². The molecule has 2 aliphatic rings. The predicted molar refractivity (Wildman–Crippen MR) is 103 cm³/mol. The molecule has 2 heterocycles. The number of amides is 2. The summed E-state index contributed by atoms with van der Waals surface area (Å²) in [5.41, 5.74) is 0.935. The van der Waals surface area contributed by atoms with Crippen LogP contribution in [-0.4, -0.2) is 40.4 Å². The van der Waals surface area contributed by atoms with Crippen molar-refractivity contribution >= 4 is 35.0 Å². The average molecular weight is 399 g/mol. The van der Waals surface area contributed by atoms with Crippen LogP contribution in [0.4, 0.5) is 5.82 Å². The third kappa shape index (κ3) is 3.89. The quantitative estimate of drug-likeness (QED) is 0.749. The molecule has 144 valence electrons. The Labute approximate surface area is 167 Å². The van der Waals surface area contributed by atoms with Crippen LogP contribution in [-0.2, 0) is 20.8 Å². The molecule has 1 aromatic heterocycles. The molecular weight excluding hydrogens is 380 g/mol. The molecule has 1 aromatic carbocycles. The van der Waals surface area contributed by atoms with E-state index in [9.17, 15) is 14.4 Å². The van der Waals surface area contributed by atoms with E-state index in [1.54, 1.807) is 12.1 Å². The lowest BCUT2D eigenvalue weighted by Gasteiger charge is -2.15. The fraction of sp³-hybridized carbons (Fsp3) is 0.350. The van der Waals surface area contributed by atoms with Crippen LogP contribution in [0.5, 0.6) is 0 Å². The summed E-state index contributed by atoms with van der Waals surface area (Å²) in [6.45, 7) is 0.101. The minimum absolute atomic E-state index is 0.0827. The monoisotopic (exact) mass is 398 g/mol. The van der Waals surface area contributed by atoms with Gasteiger partial charge in [-0.25, -0.2) is 0 Å². The number of nitrogens with one attached hydrogen (secondary N) is 1. The Hall–Kier alpha value is -2.80. The summed E-state index contributed by atoms with van der Waals surface area (Å²) < 4.78 is 0. The highest BCUT2D eigenvalue weighted by atomic mass is 35.5. The molecule has 0 radical (unpaired) electrons. The van der Waals surface area contributed by atoms with Gasteiger partial charge >= 0.3 is 0 Å². The Morgan fingerprint density at radius 3 is 2.50 bits per heavy atom. The van der Waals surface area contributed by atoms with Crippen molar-refractivity contribution in [3.05, 3.63) is 53.2 Å². The number of ketones is 1. The van der Waals surface area contributed by atoms with E-state index in [4.69, 9.17) is 11.6 Å². The second-order valence-electron chi connectivity index (χ2n) is 7.18. The van der Waals surface area contributed by atoms with Crippen molar-refractivity contribution in [3.63, 3.8) is 0 Å². The van der Waals surface area contributed by atoms with Crippen LogP contribution in [0.1, 0.15) is 18.4 Å². The predicted octanol–water partition coefficient (Wildman–Crippen LogP) is 1.80. The molecule has 4 rings (SSSR count). The maximum Gasteiger partial charge on any atom is 0.287 e. The summed E-state index contributed by atoms with van der Waals surface area (Å²) in [6, 6.07) is 12.7. The molecule has 1 aliphatic carbocycles. The Balaban J connectivity index is 1.60. The summed E-state index contributed by atoms with van der Waals surface area (Å²) in [5, 5.41) is 10.7. The second kappa shape index (κ2) is 7.67. The van der Waals surface area contributed by atoms with Crippen molar-refractivity contribution in [2.24, 2.45) is 11.8 Å². The first-order chi connectivity index (χ1) is 13.5. The molecular formula is C20H19ClN4O3. The van der Waals surface area contributed by atoms with Gasteiger partial charge in [-0.3, -0.25) is 19.3 Å². The maximum atomic E-state index is 13.1. The summed E-state index contributed by atoms with van der Waals surface area (Å²) in [4.78, 5) is 39.7. The molecule has 2 atom stereocenters. The first-order valence-electron chi connectivity index (χ1n) is 9.22. The van der Waals surface area contributed by atoms with Crippen LogP contribution in [0, 0.1) is 11.8 Å². The van der Waals surface area contributed by atoms with E-state index in [0.29, 0.717) is 12.2 Å². The van der Waals surface area contributed by atoms with Gasteiger partial charge in [-0.05, 0) is 37.0 Å². The number of halogens is 1. The first-order valence-corrected chi connectivity index (χ1v) is 9.60. The van der Waals surface area contributed by atoms with Crippen molar-refractivity contribution in [2.45, 2.75) is 25.3 Å². The van der Waals surface area contributed by atoms with E-state index in [1.165, 1.54) is 4.90 Å². The summed E-state index contributed by atoms with van der Waals surface area (Å²) in [6.07, 6.45) is 2.16. The van der Waals surface area contributed by atoms with Gasteiger partial charge in [-0.2, -0.15) is 0 Å². The number of hydrogen-bond acceptors (Lipinski definition) is 5. The zero-order chi connectivity index (χ0) is 19.7. The van der Waals surface area contributed by atoms with E-state index >= 15 is 0 Å². The number of benzene rings is 1. The maximum absolute atomic E-state index is 13.1. The smallest absolute Gasteiger partial charge is 0.287 e. The lowest BCUT2D eigenvalue weighted by Crippen LogP contribution is -2.39. The number of aromatic nitrogens is 2. The number of anilines is 1. The lowest BCUT2D eigenvalue weighted by molar-refractivity contribution is -0.141. The van der Waals surface area contributed by atoms with Gasteiger partial charge in [-0.15, -0.1) is 10.2 Å². The van der Waals surface area contributed by atoms with Gasteiger partial charge in [0, 0.05) is 12.6 Å². The number of hydrogen-bond donors (Lipinski definition) is 1.